The summed E-state index contributed by atoms with van der Waals surface area (Å²) in [5.41, 5.74) is 2.20. The molecule has 20 heavy (non-hydrogen) atoms. The van der Waals surface area contributed by atoms with Crippen molar-refractivity contribution in [2.45, 2.75) is 50.7 Å². The third-order valence-electron chi connectivity index (χ3n) is 4.74. The number of benzene rings is 1. The molecule has 0 aromatic heterocycles. The topological polar surface area (TPSA) is 38.7 Å². The summed E-state index contributed by atoms with van der Waals surface area (Å²) in [5, 5.41) is 10.5. The van der Waals surface area contributed by atoms with Gasteiger partial charge >= 0.3 is 0 Å². The maximum Gasteiger partial charge on any atom is 0.119 e. The van der Waals surface area contributed by atoms with E-state index in [0.29, 0.717) is 5.92 Å². The minimum atomic E-state index is -0.518. The van der Waals surface area contributed by atoms with Crippen LogP contribution in [0.1, 0.15) is 49.3 Å². The molecule has 3 nitrogen and oxygen atoms in total. The molecular formula is C17H24O3. The van der Waals surface area contributed by atoms with Crippen molar-refractivity contribution in [3.05, 3.63) is 29.3 Å². The monoisotopic (exact) mass is 276 g/mol. The zero-order valence-electron chi connectivity index (χ0n) is 12.2. The van der Waals surface area contributed by atoms with Gasteiger partial charge in [-0.3, -0.25) is 0 Å². The van der Waals surface area contributed by atoms with Crippen molar-refractivity contribution >= 4 is 0 Å². The van der Waals surface area contributed by atoms with Crippen LogP contribution in [0.3, 0.4) is 0 Å². The van der Waals surface area contributed by atoms with Crippen molar-refractivity contribution in [3.63, 3.8) is 0 Å². The second kappa shape index (κ2) is 6.15. The molecule has 0 heterocycles. The number of aliphatic hydroxyl groups excluding tert-OH is 1. The Morgan fingerprint density at radius 3 is 2.75 bits per heavy atom. The molecule has 2 aliphatic carbocycles. The molecule has 1 aromatic rings. The van der Waals surface area contributed by atoms with Gasteiger partial charge in [-0.1, -0.05) is 18.9 Å². The van der Waals surface area contributed by atoms with Crippen LogP contribution in [0, 0.1) is 5.92 Å². The second-order valence-electron chi connectivity index (χ2n) is 6.07. The van der Waals surface area contributed by atoms with Crippen LogP contribution in [0.4, 0.5) is 0 Å². The molecule has 2 unspecified atom stereocenters. The smallest absolute Gasteiger partial charge is 0.119 e. The number of hydrogen-bond acceptors (Lipinski definition) is 3. The highest BCUT2D eigenvalue weighted by molar-refractivity contribution is 5.39. The largest absolute Gasteiger partial charge is 0.497 e. The lowest BCUT2D eigenvalue weighted by molar-refractivity contribution is -0.0592. The van der Waals surface area contributed by atoms with Gasteiger partial charge in [-0.05, 0) is 54.9 Å². The van der Waals surface area contributed by atoms with E-state index < -0.39 is 6.10 Å². The Morgan fingerprint density at radius 2 is 2.00 bits per heavy atom. The second-order valence-corrected chi connectivity index (χ2v) is 6.07. The highest BCUT2D eigenvalue weighted by atomic mass is 16.5. The van der Waals surface area contributed by atoms with E-state index in [4.69, 9.17) is 9.47 Å². The number of fused-ring (bicyclic) bond motifs is 1. The van der Waals surface area contributed by atoms with Gasteiger partial charge in [0, 0.05) is 6.61 Å². The van der Waals surface area contributed by atoms with Crippen LogP contribution in [0.15, 0.2) is 18.2 Å². The molecule has 0 spiro atoms. The van der Waals surface area contributed by atoms with Crippen molar-refractivity contribution < 1.29 is 14.6 Å². The molecule has 3 rings (SSSR count). The normalized spacial score (nSPS) is 26.5. The summed E-state index contributed by atoms with van der Waals surface area (Å²) in [6.07, 6.45) is 6.55. The van der Waals surface area contributed by atoms with Gasteiger partial charge in [-0.15, -0.1) is 0 Å². The first-order chi connectivity index (χ1) is 9.78. The Balaban J connectivity index is 1.66. The van der Waals surface area contributed by atoms with Gasteiger partial charge in [0.25, 0.3) is 0 Å². The molecule has 0 aliphatic heterocycles. The molecule has 2 atom stereocenters. The van der Waals surface area contributed by atoms with Crippen molar-refractivity contribution in [1.29, 1.82) is 0 Å². The molecule has 110 valence electrons. The number of aliphatic hydroxyl groups is 1. The zero-order chi connectivity index (χ0) is 13.9. The van der Waals surface area contributed by atoms with Crippen molar-refractivity contribution in [1.82, 2.24) is 0 Å². The average molecular weight is 276 g/mol. The molecule has 1 saturated carbocycles. The standard InChI is InChI=1S/C17H24O3/c1-19-14-8-6-13-7-9-16(17(18)15(13)10-14)20-11-12-4-2-3-5-12/h6,8,10,12,16-18H,2-5,7,9,11H2,1H3. The van der Waals surface area contributed by atoms with E-state index in [-0.39, 0.29) is 6.10 Å². The fourth-order valence-corrected chi connectivity index (χ4v) is 3.47. The SMILES string of the molecule is COc1ccc2c(c1)C(O)C(OCC1CCCC1)CC2. The number of ether oxygens (including phenoxy) is 2. The first-order valence-corrected chi connectivity index (χ1v) is 7.74. The molecule has 1 N–H and O–H groups in total. The van der Waals surface area contributed by atoms with Gasteiger partial charge in [0.15, 0.2) is 0 Å². The van der Waals surface area contributed by atoms with Crippen LogP contribution in [0.2, 0.25) is 0 Å². The molecule has 1 aromatic carbocycles. The maximum atomic E-state index is 10.5. The lowest BCUT2D eigenvalue weighted by Crippen LogP contribution is -2.29. The summed E-state index contributed by atoms with van der Waals surface area (Å²) >= 11 is 0. The molecule has 0 radical (unpaired) electrons. The minimum absolute atomic E-state index is 0.0600. The van der Waals surface area contributed by atoms with Crippen molar-refractivity contribution in [2.75, 3.05) is 13.7 Å². The summed E-state index contributed by atoms with van der Waals surface area (Å²) in [4.78, 5) is 0. The average Bonchev–Trinajstić information content (AvgIpc) is 3.00. The highest BCUT2D eigenvalue weighted by Crippen LogP contribution is 2.35. The number of aryl methyl sites for hydroxylation is 1. The molecule has 0 bridgehead atoms. The lowest BCUT2D eigenvalue weighted by Gasteiger charge is -2.31. The van der Waals surface area contributed by atoms with Gasteiger partial charge in [0.05, 0.1) is 13.2 Å². The van der Waals surface area contributed by atoms with Crippen LogP contribution in [0.25, 0.3) is 0 Å². The van der Waals surface area contributed by atoms with E-state index in [1.807, 2.05) is 12.1 Å². The summed E-state index contributed by atoms with van der Waals surface area (Å²) in [5.74, 6) is 1.51. The highest BCUT2D eigenvalue weighted by Gasteiger charge is 2.30. The van der Waals surface area contributed by atoms with Crippen molar-refractivity contribution in [2.24, 2.45) is 5.92 Å². The number of hydrogen-bond donors (Lipinski definition) is 1. The summed E-state index contributed by atoms with van der Waals surface area (Å²) in [6.45, 7) is 0.807. The molecule has 0 amide bonds. The van der Waals surface area contributed by atoms with E-state index in [1.54, 1.807) is 7.11 Å². The van der Waals surface area contributed by atoms with E-state index in [0.717, 1.165) is 30.8 Å². The summed E-state index contributed by atoms with van der Waals surface area (Å²) in [6, 6.07) is 5.97. The predicted octanol–water partition coefficient (Wildman–Crippen LogP) is 3.25. The Kier molecular flexibility index (Phi) is 4.27. The predicted molar refractivity (Wildman–Crippen MR) is 78.0 cm³/mol. The molecule has 3 heteroatoms. The van der Waals surface area contributed by atoms with E-state index in [1.165, 1.54) is 31.2 Å². The van der Waals surface area contributed by atoms with E-state index in [9.17, 15) is 5.11 Å². The van der Waals surface area contributed by atoms with Crippen LogP contribution >= 0.6 is 0 Å². The number of rotatable bonds is 4. The van der Waals surface area contributed by atoms with Crippen LogP contribution in [-0.4, -0.2) is 24.9 Å². The fourth-order valence-electron chi connectivity index (χ4n) is 3.47. The third-order valence-corrected chi connectivity index (χ3v) is 4.74. The molecule has 0 saturated heterocycles. The van der Waals surface area contributed by atoms with E-state index in [2.05, 4.69) is 6.07 Å². The van der Waals surface area contributed by atoms with Gasteiger partial charge in [0.1, 0.15) is 11.9 Å². The molecule has 2 aliphatic rings. The van der Waals surface area contributed by atoms with Crippen LogP contribution < -0.4 is 4.74 Å². The lowest BCUT2D eigenvalue weighted by atomic mass is 9.87. The Labute approximate surface area is 120 Å². The molecule has 1 fully saturated rings. The Hall–Kier alpha value is -1.06. The first-order valence-electron chi connectivity index (χ1n) is 7.74. The first kappa shape index (κ1) is 13.9. The minimum Gasteiger partial charge on any atom is -0.497 e. The molecular weight excluding hydrogens is 252 g/mol. The van der Waals surface area contributed by atoms with Crippen LogP contribution in [0.5, 0.6) is 5.75 Å². The van der Waals surface area contributed by atoms with E-state index >= 15 is 0 Å². The Bertz CT molecular complexity index is 452. The van der Waals surface area contributed by atoms with Crippen molar-refractivity contribution in [3.8, 4) is 5.75 Å². The summed E-state index contributed by atoms with van der Waals surface area (Å²) < 4.78 is 11.3. The maximum absolute atomic E-state index is 10.5. The van der Waals surface area contributed by atoms with Gasteiger partial charge in [-0.2, -0.15) is 0 Å². The quantitative estimate of drug-likeness (QED) is 0.917. The van der Waals surface area contributed by atoms with Gasteiger partial charge in [0.2, 0.25) is 0 Å². The third kappa shape index (κ3) is 2.84. The zero-order valence-corrected chi connectivity index (χ0v) is 12.2. The number of methoxy groups -OCH3 is 1. The Morgan fingerprint density at radius 1 is 1.20 bits per heavy atom. The van der Waals surface area contributed by atoms with Gasteiger partial charge < -0.3 is 14.6 Å². The fraction of sp³-hybridized carbons (Fsp3) is 0.647. The van der Waals surface area contributed by atoms with Gasteiger partial charge in [-0.25, -0.2) is 0 Å². The summed E-state index contributed by atoms with van der Waals surface area (Å²) in [7, 11) is 1.66. The van der Waals surface area contributed by atoms with Crippen LogP contribution in [-0.2, 0) is 11.2 Å².